The fourth-order valence-electron chi connectivity index (χ4n) is 3.29. The molecule has 0 saturated carbocycles. The second-order valence-corrected chi connectivity index (χ2v) is 5.36. The average Bonchev–Trinajstić information content (AvgIpc) is 3.03. The third-order valence-electron chi connectivity index (χ3n) is 4.22. The lowest BCUT2D eigenvalue weighted by molar-refractivity contribution is 0.0726. The molecule has 3 heterocycles. The van der Waals surface area contributed by atoms with Crippen molar-refractivity contribution in [2.45, 2.75) is 32.4 Å². The van der Waals surface area contributed by atoms with Gasteiger partial charge in [0.25, 0.3) is 5.91 Å². The van der Waals surface area contributed by atoms with E-state index in [-0.39, 0.29) is 5.91 Å². The Morgan fingerprint density at radius 2 is 2.39 bits per heavy atom. The number of hydrogen-bond acceptors (Lipinski definition) is 2. The van der Waals surface area contributed by atoms with Crippen LogP contribution in [0.3, 0.4) is 0 Å². The van der Waals surface area contributed by atoms with Gasteiger partial charge in [-0.1, -0.05) is 6.92 Å². The smallest absolute Gasteiger partial charge is 0.270 e. The van der Waals surface area contributed by atoms with E-state index < -0.39 is 0 Å². The van der Waals surface area contributed by atoms with Gasteiger partial charge in [-0.05, 0) is 30.9 Å². The maximum absolute atomic E-state index is 12.6. The topological polar surface area (TPSA) is 37.3 Å². The highest BCUT2D eigenvalue weighted by molar-refractivity contribution is 5.93. The number of nitrogens with zero attached hydrogens (tertiary/aromatic N) is 2. The normalized spacial score (nSPS) is 26.6. The molecule has 2 fully saturated rings. The molecule has 2 aliphatic heterocycles. The lowest BCUT2D eigenvalue weighted by Crippen LogP contribution is -2.39. The molecule has 0 radical (unpaired) electrons. The van der Waals surface area contributed by atoms with Crippen LogP contribution >= 0.6 is 0 Å². The summed E-state index contributed by atoms with van der Waals surface area (Å²) >= 11 is 0. The SMILES string of the molecule is CCCn1cccc1C(=O)N1CC[C@@H]2CNC[C@@H]21. The molecule has 2 saturated heterocycles. The van der Waals surface area contributed by atoms with Crippen LogP contribution in [0.25, 0.3) is 0 Å². The molecule has 4 nitrogen and oxygen atoms in total. The van der Waals surface area contributed by atoms with Crippen LogP contribution in [0.4, 0.5) is 0 Å². The quantitative estimate of drug-likeness (QED) is 0.875. The van der Waals surface area contributed by atoms with Crippen molar-refractivity contribution in [1.82, 2.24) is 14.8 Å². The van der Waals surface area contributed by atoms with Crippen molar-refractivity contribution in [3.8, 4) is 0 Å². The Morgan fingerprint density at radius 3 is 3.22 bits per heavy atom. The van der Waals surface area contributed by atoms with Gasteiger partial charge in [0.1, 0.15) is 5.69 Å². The molecular weight excluding hydrogens is 226 g/mol. The first kappa shape index (κ1) is 11.8. The minimum atomic E-state index is 0.213. The summed E-state index contributed by atoms with van der Waals surface area (Å²) < 4.78 is 2.08. The van der Waals surface area contributed by atoms with Crippen molar-refractivity contribution >= 4 is 5.91 Å². The maximum atomic E-state index is 12.6. The van der Waals surface area contributed by atoms with Gasteiger partial charge in [-0.2, -0.15) is 0 Å². The third kappa shape index (κ3) is 1.85. The first-order chi connectivity index (χ1) is 8.81. The number of likely N-dealkylation sites (tertiary alicyclic amines) is 1. The fraction of sp³-hybridized carbons (Fsp3) is 0.643. The Bertz CT molecular complexity index is 440. The van der Waals surface area contributed by atoms with E-state index in [4.69, 9.17) is 0 Å². The van der Waals surface area contributed by atoms with Gasteiger partial charge < -0.3 is 14.8 Å². The van der Waals surface area contributed by atoms with Crippen molar-refractivity contribution in [2.75, 3.05) is 19.6 Å². The van der Waals surface area contributed by atoms with Crippen LogP contribution in [0.1, 0.15) is 30.3 Å². The molecule has 2 aliphatic rings. The van der Waals surface area contributed by atoms with E-state index in [1.165, 1.54) is 0 Å². The number of amides is 1. The summed E-state index contributed by atoms with van der Waals surface area (Å²) in [6, 6.07) is 4.35. The molecule has 0 aromatic carbocycles. The molecule has 0 unspecified atom stereocenters. The van der Waals surface area contributed by atoms with E-state index in [0.29, 0.717) is 12.0 Å². The maximum Gasteiger partial charge on any atom is 0.270 e. The predicted molar refractivity (Wildman–Crippen MR) is 70.5 cm³/mol. The number of aryl methyl sites for hydroxylation is 1. The molecule has 98 valence electrons. The van der Waals surface area contributed by atoms with Crippen LogP contribution in [0.15, 0.2) is 18.3 Å². The van der Waals surface area contributed by atoms with Crippen LogP contribution < -0.4 is 5.32 Å². The molecule has 2 atom stereocenters. The Labute approximate surface area is 108 Å². The molecule has 18 heavy (non-hydrogen) atoms. The zero-order valence-electron chi connectivity index (χ0n) is 10.9. The summed E-state index contributed by atoms with van der Waals surface area (Å²) in [4.78, 5) is 14.7. The molecular formula is C14H21N3O. The highest BCUT2D eigenvalue weighted by Gasteiger charge is 2.40. The monoisotopic (exact) mass is 247 g/mol. The standard InChI is InChI=1S/C14H21N3O/c1-2-6-16-7-3-4-12(16)14(18)17-8-5-11-9-15-10-13(11)17/h3-4,7,11,13,15H,2,5-6,8-10H2,1H3/t11-,13+/m1/s1. The Kier molecular flexibility index (Phi) is 3.12. The molecule has 0 spiro atoms. The molecule has 1 aromatic rings. The van der Waals surface area contributed by atoms with E-state index in [0.717, 1.165) is 44.7 Å². The minimum Gasteiger partial charge on any atom is -0.344 e. The summed E-state index contributed by atoms with van der Waals surface area (Å²) in [5, 5.41) is 3.39. The number of carbonyl (C=O) groups excluding carboxylic acids is 1. The lowest BCUT2D eigenvalue weighted by atomic mass is 10.1. The van der Waals surface area contributed by atoms with Gasteiger partial charge in [-0.3, -0.25) is 4.79 Å². The zero-order chi connectivity index (χ0) is 12.5. The number of rotatable bonds is 3. The van der Waals surface area contributed by atoms with E-state index in [9.17, 15) is 4.79 Å². The number of hydrogen-bond donors (Lipinski definition) is 1. The molecule has 3 rings (SSSR count). The average molecular weight is 247 g/mol. The van der Waals surface area contributed by atoms with Gasteiger partial charge in [0.05, 0.1) is 0 Å². The fourth-order valence-corrected chi connectivity index (χ4v) is 3.29. The van der Waals surface area contributed by atoms with Gasteiger partial charge >= 0.3 is 0 Å². The molecule has 0 bridgehead atoms. The third-order valence-corrected chi connectivity index (χ3v) is 4.22. The number of carbonyl (C=O) groups is 1. The summed E-state index contributed by atoms with van der Waals surface area (Å²) in [6.45, 7) is 6.03. The van der Waals surface area contributed by atoms with Crippen LogP contribution in [0.2, 0.25) is 0 Å². The second-order valence-electron chi connectivity index (χ2n) is 5.36. The van der Waals surface area contributed by atoms with Crippen molar-refractivity contribution in [3.63, 3.8) is 0 Å². The van der Waals surface area contributed by atoms with E-state index in [2.05, 4.69) is 21.7 Å². The van der Waals surface area contributed by atoms with E-state index >= 15 is 0 Å². The number of nitrogens with one attached hydrogen (secondary N) is 1. The van der Waals surface area contributed by atoms with Crippen molar-refractivity contribution in [1.29, 1.82) is 0 Å². The Hall–Kier alpha value is -1.29. The second kappa shape index (κ2) is 4.76. The largest absolute Gasteiger partial charge is 0.344 e. The van der Waals surface area contributed by atoms with Gasteiger partial charge in [0.2, 0.25) is 0 Å². The van der Waals surface area contributed by atoms with Crippen LogP contribution in [-0.4, -0.2) is 41.1 Å². The Morgan fingerprint density at radius 1 is 1.50 bits per heavy atom. The van der Waals surface area contributed by atoms with Gasteiger partial charge in [-0.25, -0.2) is 0 Å². The molecule has 1 amide bonds. The summed E-state index contributed by atoms with van der Waals surface area (Å²) in [6.07, 6.45) is 4.22. The zero-order valence-corrected chi connectivity index (χ0v) is 10.9. The number of aromatic nitrogens is 1. The van der Waals surface area contributed by atoms with E-state index in [1.54, 1.807) is 0 Å². The lowest BCUT2D eigenvalue weighted by Gasteiger charge is -2.24. The molecule has 1 aromatic heterocycles. The van der Waals surface area contributed by atoms with Crippen molar-refractivity contribution in [3.05, 3.63) is 24.0 Å². The van der Waals surface area contributed by atoms with Crippen LogP contribution in [0.5, 0.6) is 0 Å². The van der Waals surface area contributed by atoms with E-state index in [1.807, 2.05) is 18.3 Å². The molecule has 1 N–H and O–H groups in total. The number of fused-ring (bicyclic) bond motifs is 1. The minimum absolute atomic E-state index is 0.213. The summed E-state index contributed by atoms with van der Waals surface area (Å²) in [5.74, 6) is 0.883. The summed E-state index contributed by atoms with van der Waals surface area (Å²) in [5.41, 5.74) is 0.851. The molecule has 0 aliphatic carbocycles. The van der Waals surface area contributed by atoms with Crippen LogP contribution in [-0.2, 0) is 6.54 Å². The first-order valence-electron chi connectivity index (χ1n) is 6.98. The van der Waals surface area contributed by atoms with Gasteiger partial charge in [0.15, 0.2) is 0 Å². The van der Waals surface area contributed by atoms with Gasteiger partial charge in [-0.15, -0.1) is 0 Å². The summed E-state index contributed by atoms with van der Waals surface area (Å²) in [7, 11) is 0. The van der Waals surface area contributed by atoms with Crippen LogP contribution in [0, 0.1) is 5.92 Å². The first-order valence-corrected chi connectivity index (χ1v) is 6.98. The Balaban J connectivity index is 1.79. The van der Waals surface area contributed by atoms with Crippen molar-refractivity contribution < 1.29 is 4.79 Å². The van der Waals surface area contributed by atoms with Gasteiger partial charge in [0, 0.05) is 38.4 Å². The highest BCUT2D eigenvalue weighted by atomic mass is 16.2. The molecule has 4 heteroatoms. The predicted octanol–water partition coefficient (Wildman–Crippen LogP) is 1.33. The highest BCUT2D eigenvalue weighted by Crippen LogP contribution is 2.28. The van der Waals surface area contributed by atoms with Crippen molar-refractivity contribution in [2.24, 2.45) is 5.92 Å².